The molecule has 0 aromatic heterocycles. The quantitative estimate of drug-likeness (QED) is 0.806. The third kappa shape index (κ3) is 3.22. The van der Waals surface area contributed by atoms with Crippen LogP contribution in [0, 0.1) is 6.92 Å². The summed E-state index contributed by atoms with van der Waals surface area (Å²) in [7, 11) is 1.35. The molecule has 1 rings (SSSR count). The van der Waals surface area contributed by atoms with Crippen LogP contribution in [0.15, 0.2) is 18.2 Å². The molecule has 0 fully saturated rings. The van der Waals surface area contributed by atoms with Crippen LogP contribution in [0.5, 0.6) is 0 Å². The maximum Gasteiger partial charge on any atom is 0.307 e. The minimum Gasteiger partial charge on any atom is -0.469 e. The third-order valence-corrected chi connectivity index (χ3v) is 2.48. The molecule has 82 valence electrons. The molecule has 0 aliphatic rings. The first-order chi connectivity index (χ1) is 7.04. The largest absolute Gasteiger partial charge is 0.469 e. The molecule has 0 bridgehead atoms. The van der Waals surface area contributed by atoms with Crippen molar-refractivity contribution in [2.24, 2.45) is 5.73 Å². The van der Waals surface area contributed by atoms with Crippen molar-refractivity contribution in [3.63, 3.8) is 0 Å². The molecule has 0 radical (unpaired) electrons. The summed E-state index contributed by atoms with van der Waals surface area (Å²) in [5.74, 6) is -0.308. The number of nitrogens with two attached hydrogens (primary N) is 1. The molecular weight excluding hydrogens is 214 g/mol. The van der Waals surface area contributed by atoms with Gasteiger partial charge in [-0.15, -0.1) is 0 Å². The Hall–Kier alpha value is -1.06. The summed E-state index contributed by atoms with van der Waals surface area (Å²) in [5.41, 5.74) is 7.78. The number of rotatable bonds is 3. The predicted octanol–water partition coefficient (Wildman–Crippen LogP) is 2.21. The summed E-state index contributed by atoms with van der Waals surface area (Å²) in [6, 6.07) is 5.09. The van der Waals surface area contributed by atoms with Gasteiger partial charge in [-0.25, -0.2) is 0 Å². The van der Waals surface area contributed by atoms with Gasteiger partial charge in [0.15, 0.2) is 0 Å². The number of hydrogen-bond donors (Lipinski definition) is 1. The number of halogens is 1. The average Bonchev–Trinajstić information content (AvgIpc) is 2.17. The Morgan fingerprint density at radius 2 is 2.27 bits per heavy atom. The molecule has 3 nitrogen and oxygen atoms in total. The number of carbonyl (C=O) groups is 1. The molecule has 0 aliphatic carbocycles. The first-order valence-electron chi connectivity index (χ1n) is 4.63. The molecule has 0 amide bonds. The molecule has 1 aromatic rings. The van der Waals surface area contributed by atoms with Crippen LogP contribution in [-0.4, -0.2) is 13.1 Å². The highest BCUT2D eigenvalue weighted by Gasteiger charge is 2.13. The van der Waals surface area contributed by atoms with Crippen molar-refractivity contribution < 1.29 is 9.53 Å². The monoisotopic (exact) mass is 227 g/mol. The van der Waals surface area contributed by atoms with Crippen LogP contribution in [0.25, 0.3) is 0 Å². The van der Waals surface area contributed by atoms with E-state index in [2.05, 4.69) is 4.74 Å². The Morgan fingerprint density at radius 3 is 2.80 bits per heavy atom. The lowest BCUT2D eigenvalue weighted by atomic mass is 10.00. The SMILES string of the molecule is COC(=O)CC(N)c1ccc(Cl)cc1C. The zero-order valence-corrected chi connectivity index (χ0v) is 9.54. The van der Waals surface area contributed by atoms with Gasteiger partial charge in [-0.05, 0) is 30.2 Å². The summed E-state index contributed by atoms with van der Waals surface area (Å²) in [5, 5.41) is 0.668. The van der Waals surface area contributed by atoms with E-state index in [0.29, 0.717) is 5.02 Å². The lowest BCUT2D eigenvalue weighted by Crippen LogP contribution is -2.17. The van der Waals surface area contributed by atoms with Crippen molar-refractivity contribution in [1.82, 2.24) is 0 Å². The minimum atomic E-state index is -0.338. The van der Waals surface area contributed by atoms with E-state index < -0.39 is 0 Å². The van der Waals surface area contributed by atoms with Crippen molar-refractivity contribution >= 4 is 17.6 Å². The van der Waals surface area contributed by atoms with Gasteiger partial charge in [0.2, 0.25) is 0 Å². The number of ether oxygens (including phenoxy) is 1. The van der Waals surface area contributed by atoms with Crippen molar-refractivity contribution in [2.75, 3.05) is 7.11 Å². The van der Waals surface area contributed by atoms with E-state index in [9.17, 15) is 4.79 Å². The summed E-state index contributed by atoms with van der Waals surface area (Å²) in [4.78, 5) is 11.0. The molecule has 2 N–H and O–H groups in total. The standard InChI is InChI=1S/C11H14ClNO2/c1-7-5-8(12)3-4-9(7)10(13)6-11(14)15-2/h3-5,10H,6,13H2,1-2H3. The van der Waals surface area contributed by atoms with Gasteiger partial charge >= 0.3 is 5.97 Å². The highest BCUT2D eigenvalue weighted by molar-refractivity contribution is 6.30. The second-order valence-corrected chi connectivity index (χ2v) is 3.82. The first kappa shape index (κ1) is 12.0. The third-order valence-electron chi connectivity index (χ3n) is 2.25. The van der Waals surface area contributed by atoms with E-state index in [1.165, 1.54) is 7.11 Å². The highest BCUT2D eigenvalue weighted by Crippen LogP contribution is 2.22. The summed E-state index contributed by atoms with van der Waals surface area (Å²) >= 11 is 5.82. The minimum absolute atomic E-state index is 0.180. The molecule has 1 atom stereocenters. The molecule has 1 unspecified atom stereocenters. The Bertz CT molecular complexity index is 366. The molecule has 0 aliphatic heterocycles. The number of carbonyl (C=O) groups excluding carboxylic acids is 1. The van der Waals surface area contributed by atoms with Crippen LogP contribution in [0.4, 0.5) is 0 Å². The van der Waals surface area contributed by atoms with Gasteiger partial charge in [0, 0.05) is 11.1 Å². The smallest absolute Gasteiger partial charge is 0.307 e. The normalized spacial score (nSPS) is 12.3. The number of esters is 1. The van der Waals surface area contributed by atoms with Gasteiger partial charge in [0.25, 0.3) is 0 Å². The second kappa shape index (κ2) is 5.14. The van der Waals surface area contributed by atoms with E-state index in [1.54, 1.807) is 6.07 Å². The Morgan fingerprint density at radius 1 is 1.60 bits per heavy atom. The molecule has 0 saturated heterocycles. The average molecular weight is 228 g/mol. The van der Waals surface area contributed by atoms with Crippen molar-refractivity contribution in [3.05, 3.63) is 34.3 Å². The van der Waals surface area contributed by atoms with Crippen LogP contribution in [-0.2, 0) is 9.53 Å². The van der Waals surface area contributed by atoms with Gasteiger partial charge in [0.05, 0.1) is 13.5 Å². The number of benzene rings is 1. The van der Waals surface area contributed by atoms with E-state index in [-0.39, 0.29) is 18.4 Å². The first-order valence-corrected chi connectivity index (χ1v) is 5.01. The fourth-order valence-electron chi connectivity index (χ4n) is 1.43. The lowest BCUT2D eigenvalue weighted by Gasteiger charge is -2.13. The number of hydrogen-bond acceptors (Lipinski definition) is 3. The van der Waals surface area contributed by atoms with Crippen LogP contribution in [0.1, 0.15) is 23.6 Å². The summed E-state index contributed by atoms with van der Waals surface area (Å²) in [6.07, 6.45) is 0.180. The Kier molecular flexibility index (Phi) is 4.12. The van der Waals surface area contributed by atoms with Crippen LogP contribution >= 0.6 is 11.6 Å². The maximum atomic E-state index is 11.0. The zero-order chi connectivity index (χ0) is 11.4. The van der Waals surface area contributed by atoms with Crippen LogP contribution in [0.2, 0.25) is 5.02 Å². The van der Waals surface area contributed by atoms with Gasteiger partial charge in [-0.2, -0.15) is 0 Å². The lowest BCUT2D eigenvalue weighted by molar-refractivity contribution is -0.141. The fourth-order valence-corrected chi connectivity index (χ4v) is 1.65. The van der Waals surface area contributed by atoms with Crippen LogP contribution < -0.4 is 5.73 Å². The summed E-state index contributed by atoms with van der Waals surface area (Å²) in [6.45, 7) is 1.92. The van der Waals surface area contributed by atoms with Crippen molar-refractivity contribution in [1.29, 1.82) is 0 Å². The Labute approximate surface area is 94.2 Å². The van der Waals surface area contributed by atoms with E-state index in [1.807, 2.05) is 19.1 Å². The maximum absolute atomic E-state index is 11.0. The fraction of sp³-hybridized carbons (Fsp3) is 0.364. The van der Waals surface area contributed by atoms with Crippen molar-refractivity contribution in [2.45, 2.75) is 19.4 Å². The molecule has 1 aromatic carbocycles. The molecule has 0 spiro atoms. The molecule has 0 heterocycles. The molecule has 4 heteroatoms. The van der Waals surface area contributed by atoms with E-state index in [0.717, 1.165) is 11.1 Å². The highest BCUT2D eigenvalue weighted by atomic mass is 35.5. The van der Waals surface area contributed by atoms with Gasteiger partial charge in [-0.1, -0.05) is 17.7 Å². The molecule has 15 heavy (non-hydrogen) atoms. The van der Waals surface area contributed by atoms with Crippen LogP contribution in [0.3, 0.4) is 0 Å². The molecule has 0 saturated carbocycles. The van der Waals surface area contributed by atoms with E-state index in [4.69, 9.17) is 17.3 Å². The topological polar surface area (TPSA) is 52.3 Å². The van der Waals surface area contributed by atoms with Crippen molar-refractivity contribution in [3.8, 4) is 0 Å². The number of methoxy groups -OCH3 is 1. The Balaban J connectivity index is 2.82. The zero-order valence-electron chi connectivity index (χ0n) is 8.79. The predicted molar refractivity (Wildman–Crippen MR) is 59.8 cm³/mol. The second-order valence-electron chi connectivity index (χ2n) is 3.39. The van der Waals surface area contributed by atoms with E-state index >= 15 is 0 Å². The van der Waals surface area contributed by atoms with Gasteiger partial charge in [-0.3, -0.25) is 4.79 Å². The van der Waals surface area contributed by atoms with Gasteiger partial charge in [0.1, 0.15) is 0 Å². The summed E-state index contributed by atoms with van der Waals surface area (Å²) < 4.78 is 4.56. The molecular formula is C11H14ClNO2. The number of aryl methyl sites for hydroxylation is 1. The van der Waals surface area contributed by atoms with Gasteiger partial charge < -0.3 is 10.5 Å².